The van der Waals surface area contributed by atoms with Crippen molar-refractivity contribution in [2.75, 3.05) is 51.7 Å². The van der Waals surface area contributed by atoms with Gasteiger partial charge in [-0.2, -0.15) is 18.3 Å². The fourth-order valence-electron chi connectivity index (χ4n) is 2.65. The molecule has 1 aromatic heterocycles. The van der Waals surface area contributed by atoms with E-state index in [1.165, 1.54) is 7.05 Å². The highest BCUT2D eigenvalue weighted by Crippen LogP contribution is 2.16. The first-order valence-corrected chi connectivity index (χ1v) is 8.16. The molecule has 1 fully saturated rings. The predicted octanol–water partition coefficient (Wildman–Crippen LogP) is 0.283. The van der Waals surface area contributed by atoms with Crippen molar-refractivity contribution in [1.29, 1.82) is 0 Å². The molecule has 1 N–H and O–H groups in total. The topological polar surface area (TPSA) is 86.1 Å². The van der Waals surface area contributed by atoms with Gasteiger partial charge in [-0.05, 0) is 0 Å². The highest BCUT2D eigenvalue weighted by atomic mass is 127. The van der Waals surface area contributed by atoms with Gasteiger partial charge in [-0.1, -0.05) is 0 Å². The van der Waals surface area contributed by atoms with Gasteiger partial charge in [0.05, 0.1) is 18.4 Å². The fraction of sp³-hybridized carbons (Fsp3) is 0.600. The van der Waals surface area contributed by atoms with Gasteiger partial charge in [0.1, 0.15) is 13.1 Å². The van der Waals surface area contributed by atoms with Crippen LogP contribution in [0.3, 0.4) is 0 Å². The Morgan fingerprint density at radius 1 is 1.39 bits per heavy atom. The number of carbonyl (C=O) groups excluding carboxylic acids is 2. The lowest BCUT2D eigenvalue weighted by molar-refractivity contribution is -0.157. The van der Waals surface area contributed by atoms with Crippen LogP contribution in [-0.2, 0) is 16.6 Å². The number of anilines is 1. The van der Waals surface area contributed by atoms with Gasteiger partial charge in [0.15, 0.2) is 5.96 Å². The summed E-state index contributed by atoms with van der Waals surface area (Å²) in [5, 5.41) is 6.75. The molecule has 0 atom stereocenters. The maximum Gasteiger partial charge on any atom is 0.406 e. The van der Waals surface area contributed by atoms with E-state index in [0.717, 1.165) is 7.05 Å². The van der Waals surface area contributed by atoms with Crippen LogP contribution in [0.15, 0.2) is 17.4 Å². The lowest BCUT2D eigenvalue weighted by atomic mass is 10.3. The zero-order chi connectivity index (χ0) is 20.2. The van der Waals surface area contributed by atoms with Crippen molar-refractivity contribution in [1.82, 2.24) is 24.9 Å². The molecule has 28 heavy (non-hydrogen) atoms. The van der Waals surface area contributed by atoms with E-state index < -0.39 is 18.6 Å². The van der Waals surface area contributed by atoms with Gasteiger partial charge in [-0.3, -0.25) is 19.3 Å². The van der Waals surface area contributed by atoms with Crippen molar-refractivity contribution in [2.24, 2.45) is 12.0 Å². The highest BCUT2D eigenvalue weighted by Gasteiger charge is 2.32. The molecule has 0 radical (unpaired) electrons. The summed E-state index contributed by atoms with van der Waals surface area (Å²) in [6.07, 6.45) is -1.13. The van der Waals surface area contributed by atoms with E-state index >= 15 is 0 Å². The minimum atomic E-state index is -4.46. The number of aromatic nitrogens is 2. The number of alkyl halides is 3. The molecular weight excluding hydrogens is 494 g/mol. The van der Waals surface area contributed by atoms with E-state index in [-0.39, 0.29) is 48.9 Å². The monoisotopic (exact) mass is 517 g/mol. The van der Waals surface area contributed by atoms with E-state index in [4.69, 9.17) is 0 Å². The molecule has 0 bridgehead atoms. The molecule has 0 aliphatic carbocycles. The van der Waals surface area contributed by atoms with Gasteiger partial charge < -0.3 is 20.0 Å². The average molecular weight is 517 g/mol. The summed E-state index contributed by atoms with van der Waals surface area (Å²) < 4.78 is 38.6. The molecule has 2 rings (SSSR count). The number of nitrogens with zero attached hydrogens (tertiary/aromatic N) is 6. The first-order chi connectivity index (χ1) is 12.6. The molecule has 2 heterocycles. The number of rotatable bonds is 4. The van der Waals surface area contributed by atoms with Crippen LogP contribution in [0.4, 0.5) is 18.9 Å². The number of hydrogen-bond acceptors (Lipinski definition) is 4. The van der Waals surface area contributed by atoms with Crippen LogP contribution in [0.25, 0.3) is 0 Å². The molecule has 2 amide bonds. The van der Waals surface area contributed by atoms with E-state index in [2.05, 4.69) is 15.4 Å². The van der Waals surface area contributed by atoms with Crippen molar-refractivity contribution < 1.29 is 22.8 Å². The molecule has 1 aliphatic rings. The Morgan fingerprint density at radius 2 is 2.07 bits per heavy atom. The largest absolute Gasteiger partial charge is 0.406 e. The van der Waals surface area contributed by atoms with Crippen molar-refractivity contribution in [2.45, 2.75) is 6.18 Å². The molecule has 0 saturated carbocycles. The van der Waals surface area contributed by atoms with Gasteiger partial charge in [-0.25, -0.2) is 0 Å². The number of carbonyl (C=O) groups is 2. The summed E-state index contributed by atoms with van der Waals surface area (Å²) in [7, 11) is 4.31. The third kappa shape index (κ3) is 6.53. The van der Waals surface area contributed by atoms with Crippen LogP contribution < -0.4 is 10.2 Å². The van der Waals surface area contributed by atoms with Crippen molar-refractivity contribution in [3.05, 3.63) is 12.4 Å². The minimum Gasteiger partial charge on any atom is -0.347 e. The Hall–Kier alpha value is -2.06. The third-order valence-electron chi connectivity index (χ3n) is 3.97. The number of likely N-dealkylation sites (N-methyl/N-ethyl adjacent to an activating group) is 1. The van der Waals surface area contributed by atoms with Crippen LogP contribution in [0.5, 0.6) is 0 Å². The van der Waals surface area contributed by atoms with E-state index in [0.29, 0.717) is 23.7 Å². The number of piperazine rings is 1. The summed E-state index contributed by atoms with van der Waals surface area (Å²) in [5.41, 5.74) is 0.689. The van der Waals surface area contributed by atoms with Crippen LogP contribution in [0.2, 0.25) is 0 Å². The first-order valence-electron chi connectivity index (χ1n) is 8.16. The first kappa shape index (κ1) is 24.0. The molecule has 1 saturated heterocycles. The predicted molar refractivity (Wildman–Crippen MR) is 108 cm³/mol. The normalized spacial score (nSPS) is 15.4. The van der Waals surface area contributed by atoms with E-state index in [9.17, 15) is 22.8 Å². The van der Waals surface area contributed by atoms with E-state index in [1.807, 2.05) is 0 Å². The number of guanidine groups is 1. The quantitative estimate of drug-likeness (QED) is 0.353. The smallest absolute Gasteiger partial charge is 0.347 e. The zero-order valence-electron chi connectivity index (χ0n) is 15.7. The second-order valence-corrected chi connectivity index (χ2v) is 6.10. The van der Waals surface area contributed by atoms with Gasteiger partial charge in [-0.15, -0.1) is 24.0 Å². The Morgan fingerprint density at radius 3 is 2.57 bits per heavy atom. The molecule has 0 unspecified atom stereocenters. The summed E-state index contributed by atoms with van der Waals surface area (Å²) >= 11 is 0. The summed E-state index contributed by atoms with van der Waals surface area (Å²) in [4.78, 5) is 32.1. The number of aryl methyl sites for hydroxylation is 1. The Labute approximate surface area is 177 Å². The summed E-state index contributed by atoms with van der Waals surface area (Å²) in [6.45, 7) is -0.800. The van der Waals surface area contributed by atoms with Crippen LogP contribution in [0.1, 0.15) is 0 Å². The zero-order valence-corrected chi connectivity index (χ0v) is 18.1. The SMILES string of the molecule is CN=C(NCC(=O)N(C)CC(F)(F)F)N1CCN(c2cnn(C)c2)C(=O)C1.I. The fourth-order valence-corrected chi connectivity index (χ4v) is 2.65. The number of amides is 2. The Bertz CT molecular complexity index is 723. The molecular formula is C15H23F3IN7O2. The van der Waals surface area contributed by atoms with Gasteiger partial charge in [0, 0.05) is 40.4 Å². The minimum absolute atomic E-state index is 0. The number of nitrogens with one attached hydrogen (secondary N) is 1. The Balaban J connectivity index is 0.00000392. The van der Waals surface area contributed by atoms with Crippen LogP contribution in [-0.4, -0.2) is 90.3 Å². The van der Waals surface area contributed by atoms with Crippen molar-refractivity contribution >= 4 is 47.4 Å². The number of halogens is 4. The molecule has 0 aromatic carbocycles. The third-order valence-corrected chi connectivity index (χ3v) is 3.97. The molecule has 1 aromatic rings. The lowest BCUT2D eigenvalue weighted by Crippen LogP contribution is -2.56. The van der Waals surface area contributed by atoms with Crippen LogP contribution >= 0.6 is 24.0 Å². The molecule has 1 aliphatic heterocycles. The summed E-state index contributed by atoms with van der Waals surface area (Å²) in [6, 6.07) is 0. The highest BCUT2D eigenvalue weighted by molar-refractivity contribution is 14.0. The molecule has 13 heteroatoms. The number of aliphatic imine (C=N–C) groups is 1. The number of hydrogen-bond donors (Lipinski definition) is 1. The summed E-state index contributed by atoms with van der Waals surface area (Å²) in [5.74, 6) is -0.616. The van der Waals surface area contributed by atoms with Crippen LogP contribution in [0, 0.1) is 0 Å². The van der Waals surface area contributed by atoms with Gasteiger partial charge in [0.2, 0.25) is 11.8 Å². The average Bonchev–Trinajstić information content (AvgIpc) is 3.00. The molecule has 9 nitrogen and oxygen atoms in total. The second kappa shape index (κ2) is 9.93. The molecule has 0 spiro atoms. The van der Waals surface area contributed by atoms with Crippen molar-refractivity contribution in [3.63, 3.8) is 0 Å². The second-order valence-electron chi connectivity index (χ2n) is 6.10. The van der Waals surface area contributed by atoms with Gasteiger partial charge in [0.25, 0.3) is 0 Å². The molecule has 158 valence electrons. The van der Waals surface area contributed by atoms with Crippen molar-refractivity contribution in [3.8, 4) is 0 Å². The standard InChI is InChI=1S/C15H22F3N7O2.HI/c1-19-14(20-7-12(26)22(2)10-15(16,17)18)24-4-5-25(13(27)9-24)11-6-21-23(3)8-11;/h6,8H,4-5,7,9-10H2,1-3H3,(H,19,20);1H. The van der Waals surface area contributed by atoms with E-state index in [1.54, 1.807) is 33.9 Å². The maximum atomic E-state index is 12.4. The maximum absolute atomic E-state index is 12.4. The van der Waals surface area contributed by atoms with Gasteiger partial charge >= 0.3 is 6.18 Å². The Kier molecular flexibility index (Phi) is 8.50. The lowest BCUT2D eigenvalue weighted by Gasteiger charge is -2.35.